The number of ether oxygens (including phenoxy) is 1. The molecule has 0 aliphatic rings. The third kappa shape index (κ3) is 3.42. The summed E-state index contributed by atoms with van der Waals surface area (Å²) < 4.78 is 6.53. The highest BCUT2D eigenvalue weighted by atomic mass is 79.9. The molecule has 0 radical (unpaired) electrons. The van der Waals surface area contributed by atoms with Crippen molar-refractivity contribution in [2.45, 2.75) is 19.9 Å². The van der Waals surface area contributed by atoms with Crippen LogP contribution in [0.2, 0.25) is 5.02 Å². The van der Waals surface area contributed by atoms with Crippen LogP contribution in [0.5, 0.6) is 5.75 Å². The number of hydrogen-bond acceptors (Lipinski definition) is 2. The maximum absolute atomic E-state index is 6.21. The van der Waals surface area contributed by atoms with Crippen LogP contribution in [0, 0.1) is 13.8 Å². The lowest BCUT2D eigenvalue weighted by molar-refractivity contribution is 0.405. The number of methoxy groups -OCH3 is 1. The summed E-state index contributed by atoms with van der Waals surface area (Å²) in [4.78, 5) is 0. The monoisotopic (exact) mass is 367 g/mol. The molecule has 1 atom stereocenters. The molecule has 112 valence electrons. The van der Waals surface area contributed by atoms with Crippen LogP contribution in [0.25, 0.3) is 0 Å². The normalized spacial score (nSPS) is 12.3. The molecule has 0 bridgehead atoms. The second kappa shape index (κ2) is 6.82. The van der Waals surface area contributed by atoms with Gasteiger partial charge in [0.25, 0.3) is 0 Å². The minimum absolute atomic E-state index is 0.0593. The first-order valence-electron chi connectivity index (χ1n) is 6.75. The molecule has 2 aromatic rings. The largest absolute Gasteiger partial charge is 0.496 e. The zero-order valence-electron chi connectivity index (χ0n) is 12.6. The summed E-state index contributed by atoms with van der Waals surface area (Å²) in [5.41, 5.74) is 4.55. The van der Waals surface area contributed by atoms with Crippen molar-refractivity contribution < 1.29 is 4.74 Å². The number of nitrogens with one attached hydrogen (secondary N) is 1. The van der Waals surface area contributed by atoms with E-state index < -0.39 is 0 Å². The summed E-state index contributed by atoms with van der Waals surface area (Å²) in [7, 11) is 3.65. The van der Waals surface area contributed by atoms with Gasteiger partial charge in [-0.1, -0.05) is 39.7 Å². The number of benzene rings is 2. The molecular formula is C17H19BrClNO. The summed E-state index contributed by atoms with van der Waals surface area (Å²) in [6.07, 6.45) is 0. The predicted molar refractivity (Wildman–Crippen MR) is 92.5 cm³/mol. The van der Waals surface area contributed by atoms with Crippen LogP contribution < -0.4 is 10.1 Å². The van der Waals surface area contributed by atoms with Gasteiger partial charge in [-0.15, -0.1) is 0 Å². The fourth-order valence-corrected chi connectivity index (χ4v) is 3.07. The lowest BCUT2D eigenvalue weighted by atomic mass is 9.93. The fraction of sp³-hybridized carbons (Fsp3) is 0.294. The highest BCUT2D eigenvalue weighted by molar-refractivity contribution is 9.10. The Morgan fingerprint density at radius 3 is 2.43 bits per heavy atom. The van der Waals surface area contributed by atoms with Gasteiger partial charge in [-0.25, -0.2) is 0 Å². The Labute approximate surface area is 139 Å². The zero-order chi connectivity index (χ0) is 15.6. The number of rotatable bonds is 4. The average molecular weight is 369 g/mol. The second-order valence-electron chi connectivity index (χ2n) is 5.07. The van der Waals surface area contributed by atoms with Crippen molar-refractivity contribution in [3.05, 3.63) is 62.1 Å². The van der Waals surface area contributed by atoms with Gasteiger partial charge >= 0.3 is 0 Å². The van der Waals surface area contributed by atoms with Crippen molar-refractivity contribution in [2.75, 3.05) is 14.2 Å². The quantitative estimate of drug-likeness (QED) is 0.816. The first kappa shape index (κ1) is 16.3. The Hall–Kier alpha value is -1.03. The van der Waals surface area contributed by atoms with Gasteiger partial charge in [0, 0.05) is 15.1 Å². The van der Waals surface area contributed by atoms with Crippen molar-refractivity contribution in [3.63, 3.8) is 0 Å². The zero-order valence-corrected chi connectivity index (χ0v) is 15.0. The second-order valence-corrected chi connectivity index (χ2v) is 6.39. The Kier molecular flexibility index (Phi) is 5.31. The van der Waals surface area contributed by atoms with E-state index in [1.165, 1.54) is 5.56 Å². The molecule has 0 amide bonds. The van der Waals surface area contributed by atoms with E-state index in [0.717, 1.165) is 31.9 Å². The third-order valence-corrected chi connectivity index (χ3v) is 4.55. The van der Waals surface area contributed by atoms with Gasteiger partial charge in [0.15, 0.2) is 0 Å². The van der Waals surface area contributed by atoms with Crippen LogP contribution in [-0.4, -0.2) is 14.2 Å². The minimum Gasteiger partial charge on any atom is -0.496 e. The van der Waals surface area contributed by atoms with E-state index in [-0.39, 0.29) is 6.04 Å². The van der Waals surface area contributed by atoms with Crippen molar-refractivity contribution >= 4 is 27.5 Å². The lowest BCUT2D eigenvalue weighted by Crippen LogP contribution is -2.19. The SMILES string of the molecule is CNC(c1cc(C)c(Cl)cc1C)c1ccc(Br)cc1OC. The lowest BCUT2D eigenvalue weighted by Gasteiger charge is -2.22. The molecule has 0 saturated carbocycles. The Morgan fingerprint density at radius 1 is 1.10 bits per heavy atom. The molecule has 4 heteroatoms. The van der Waals surface area contributed by atoms with E-state index in [4.69, 9.17) is 16.3 Å². The van der Waals surface area contributed by atoms with E-state index in [9.17, 15) is 0 Å². The van der Waals surface area contributed by atoms with Crippen LogP contribution in [0.3, 0.4) is 0 Å². The fourth-order valence-electron chi connectivity index (χ4n) is 2.52. The molecule has 0 heterocycles. The summed E-state index contributed by atoms with van der Waals surface area (Å²) >= 11 is 9.69. The minimum atomic E-state index is 0.0593. The summed E-state index contributed by atoms with van der Waals surface area (Å²) in [6, 6.07) is 10.3. The van der Waals surface area contributed by atoms with Gasteiger partial charge in [0.05, 0.1) is 13.2 Å². The van der Waals surface area contributed by atoms with Gasteiger partial charge in [-0.3, -0.25) is 0 Å². The average Bonchev–Trinajstić information content (AvgIpc) is 2.46. The molecule has 21 heavy (non-hydrogen) atoms. The molecule has 2 nitrogen and oxygen atoms in total. The van der Waals surface area contributed by atoms with Crippen LogP contribution in [0.15, 0.2) is 34.8 Å². The van der Waals surface area contributed by atoms with E-state index in [1.807, 2.05) is 32.2 Å². The third-order valence-electron chi connectivity index (χ3n) is 3.65. The maximum atomic E-state index is 6.21. The van der Waals surface area contributed by atoms with E-state index in [2.05, 4.69) is 40.3 Å². The Balaban J connectivity index is 2.57. The molecule has 0 aliphatic carbocycles. The van der Waals surface area contributed by atoms with Gasteiger partial charge in [0.1, 0.15) is 5.75 Å². The molecular weight excluding hydrogens is 350 g/mol. The maximum Gasteiger partial charge on any atom is 0.125 e. The van der Waals surface area contributed by atoms with Crippen LogP contribution in [0.1, 0.15) is 28.3 Å². The molecule has 0 saturated heterocycles. The molecule has 1 unspecified atom stereocenters. The van der Waals surface area contributed by atoms with Crippen LogP contribution in [-0.2, 0) is 0 Å². The topological polar surface area (TPSA) is 21.3 Å². The summed E-state index contributed by atoms with van der Waals surface area (Å²) in [5.74, 6) is 0.857. The molecule has 0 fully saturated rings. The molecule has 0 aliphatic heterocycles. The van der Waals surface area contributed by atoms with Crippen LogP contribution in [0.4, 0.5) is 0 Å². The summed E-state index contributed by atoms with van der Waals surface area (Å²) in [5, 5.41) is 4.18. The summed E-state index contributed by atoms with van der Waals surface area (Å²) in [6.45, 7) is 4.10. The smallest absolute Gasteiger partial charge is 0.125 e. The first-order valence-corrected chi connectivity index (χ1v) is 7.92. The van der Waals surface area contributed by atoms with Crippen molar-refractivity contribution in [1.29, 1.82) is 0 Å². The highest BCUT2D eigenvalue weighted by Gasteiger charge is 2.19. The van der Waals surface area contributed by atoms with Crippen molar-refractivity contribution in [1.82, 2.24) is 5.32 Å². The number of halogens is 2. The molecule has 2 rings (SSSR count). The van der Waals surface area contributed by atoms with Crippen molar-refractivity contribution in [2.24, 2.45) is 0 Å². The van der Waals surface area contributed by atoms with Crippen molar-refractivity contribution in [3.8, 4) is 5.75 Å². The van der Waals surface area contributed by atoms with E-state index in [0.29, 0.717) is 0 Å². The Morgan fingerprint density at radius 2 is 1.81 bits per heavy atom. The molecule has 1 N–H and O–H groups in total. The number of hydrogen-bond donors (Lipinski definition) is 1. The van der Waals surface area contributed by atoms with Gasteiger partial charge < -0.3 is 10.1 Å². The number of aryl methyl sites for hydroxylation is 2. The molecule has 0 spiro atoms. The standard InChI is InChI=1S/C17H19BrClNO/c1-10-8-15(19)11(2)7-14(10)17(20-3)13-6-5-12(18)9-16(13)21-4/h5-9,17,20H,1-4H3. The molecule has 2 aromatic carbocycles. The van der Waals surface area contributed by atoms with E-state index >= 15 is 0 Å². The highest BCUT2D eigenvalue weighted by Crippen LogP contribution is 2.35. The molecule has 0 aromatic heterocycles. The van der Waals surface area contributed by atoms with Gasteiger partial charge in [-0.05, 0) is 55.8 Å². The Bertz CT molecular complexity index is 657. The van der Waals surface area contributed by atoms with Gasteiger partial charge in [-0.2, -0.15) is 0 Å². The van der Waals surface area contributed by atoms with E-state index in [1.54, 1.807) is 7.11 Å². The predicted octanol–water partition coefficient (Wildman–Crippen LogP) is 5.04. The van der Waals surface area contributed by atoms with Crippen LogP contribution >= 0.6 is 27.5 Å². The van der Waals surface area contributed by atoms with Gasteiger partial charge in [0.2, 0.25) is 0 Å². The first-order chi connectivity index (χ1) is 9.97.